The van der Waals surface area contributed by atoms with Crippen molar-refractivity contribution in [2.75, 3.05) is 0 Å². The maximum atomic E-state index is 2.75. The van der Waals surface area contributed by atoms with Gasteiger partial charge < -0.3 is 30.3 Å². The second kappa shape index (κ2) is 14.0. The summed E-state index contributed by atoms with van der Waals surface area (Å²) in [6.07, 6.45) is 15.9. The molecule has 12 rings (SSSR count). The molecule has 252 valence electrons. The Bertz CT molecular complexity index is 1400. The summed E-state index contributed by atoms with van der Waals surface area (Å²) in [4.78, 5) is 0. The Hall–Kier alpha value is -1.48. The largest absolute Gasteiger partial charge is 0.748 e. The molecule has 8 aliphatic carbocycles. The number of benzene rings is 2. The molecule has 8 aliphatic rings. The predicted molar refractivity (Wildman–Crippen MR) is 200 cm³/mol. The average Bonchev–Trinajstić information content (AvgIpc) is 3.80. The van der Waals surface area contributed by atoms with Gasteiger partial charge in [-0.25, -0.2) is 12.1 Å². The molecule has 1 unspecified atom stereocenters. The van der Waals surface area contributed by atoms with Gasteiger partial charge in [0.2, 0.25) is 0 Å². The van der Waals surface area contributed by atoms with Gasteiger partial charge in [0.05, 0.1) is 0 Å². The minimum absolute atomic E-state index is 0. The predicted octanol–water partition coefficient (Wildman–Crippen LogP) is 10.8. The van der Waals surface area contributed by atoms with Crippen LogP contribution in [0.15, 0.2) is 109 Å². The first-order chi connectivity index (χ1) is 22.7. The van der Waals surface area contributed by atoms with Crippen molar-refractivity contribution in [1.82, 2.24) is 0 Å². The number of hydrogen-bond acceptors (Lipinski definition) is 0. The Kier molecular flexibility index (Phi) is 9.76. The molecule has 0 amide bonds. The van der Waals surface area contributed by atoms with E-state index in [1.54, 1.807) is 75.1 Å². The molecule has 0 radical (unpaired) electrons. The SMILES string of the molecule is CC([c-]1cccc1P(c1ccccc1)c1ccccc1)P(C1C2CC3CC(C2)CC1C3)C1C2CC3CC(C2)CC1C3.[Fe].[cH-]1[cH-][cH-][cH-][cH-]1. The fraction of sp³-hybridized carbons (Fsp3) is 0.500. The van der Waals surface area contributed by atoms with Crippen molar-refractivity contribution in [2.45, 2.75) is 88.1 Å². The third kappa shape index (κ3) is 6.25. The minimum Gasteiger partial charge on any atom is -0.748 e. The van der Waals surface area contributed by atoms with Crippen LogP contribution in [0.1, 0.15) is 82.4 Å². The van der Waals surface area contributed by atoms with E-state index >= 15 is 0 Å². The Balaban J connectivity index is 0.000000497. The molecule has 0 N–H and O–H groups in total. The van der Waals surface area contributed by atoms with Gasteiger partial charge in [0.1, 0.15) is 0 Å². The van der Waals surface area contributed by atoms with Gasteiger partial charge in [-0.1, -0.05) is 67.6 Å². The molecule has 0 aromatic heterocycles. The Morgan fingerprint density at radius 1 is 0.532 bits per heavy atom. The molecule has 47 heavy (non-hydrogen) atoms. The standard InChI is InChI=1S/C39H47P2.C5H5.Fe/c1-25(36-13-8-14-37(36)41(34-9-4-2-5-10-34)35-11-6-3-7-12-35)40(38-30-17-26-15-27(19-30)20-31(38)18-26)39-32-21-28-16-29(23-32)24-33(39)22-28;1-2-4-5-3-1;/h2-14,25-33,38-39H,15-24H2,1H3;1-5H;/q-1;-5;. The van der Waals surface area contributed by atoms with E-state index in [2.05, 4.69) is 85.8 Å². The number of hydrogen-bond donors (Lipinski definition) is 0. The molecule has 0 nitrogen and oxygen atoms in total. The van der Waals surface area contributed by atoms with Crippen LogP contribution >= 0.6 is 15.8 Å². The van der Waals surface area contributed by atoms with Crippen molar-refractivity contribution < 1.29 is 17.1 Å². The van der Waals surface area contributed by atoms with Gasteiger partial charge in [-0.3, -0.25) is 0 Å². The molecular formula is C44H52FeP2-6. The van der Waals surface area contributed by atoms with E-state index in [0.717, 1.165) is 64.3 Å². The van der Waals surface area contributed by atoms with Gasteiger partial charge in [0.25, 0.3) is 0 Å². The maximum Gasteiger partial charge on any atom is 0 e. The topological polar surface area (TPSA) is 0 Å². The van der Waals surface area contributed by atoms with Crippen LogP contribution in [0, 0.1) is 47.3 Å². The first-order valence-corrected chi connectivity index (χ1v) is 21.7. The van der Waals surface area contributed by atoms with Crippen molar-refractivity contribution in [2.24, 2.45) is 47.3 Å². The van der Waals surface area contributed by atoms with Crippen molar-refractivity contribution in [1.29, 1.82) is 0 Å². The zero-order valence-electron chi connectivity index (χ0n) is 28.1. The van der Waals surface area contributed by atoms with E-state index in [0.29, 0.717) is 0 Å². The van der Waals surface area contributed by atoms with Crippen molar-refractivity contribution in [3.05, 3.63) is 115 Å². The molecular weight excluding hydrogens is 646 g/mol. The number of rotatable bonds is 7. The van der Waals surface area contributed by atoms with Crippen molar-refractivity contribution >= 4 is 31.8 Å². The van der Waals surface area contributed by atoms with Crippen LogP contribution in [0.25, 0.3) is 0 Å². The fourth-order valence-electron chi connectivity index (χ4n) is 12.5. The monoisotopic (exact) mass is 698 g/mol. The molecule has 0 saturated heterocycles. The first-order valence-electron chi connectivity index (χ1n) is 18.8. The fourth-order valence-corrected chi connectivity index (χ4v) is 20.1. The second-order valence-corrected chi connectivity index (χ2v) is 21.3. The normalized spacial score (nSPS) is 35.6. The van der Waals surface area contributed by atoms with Crippen LogP contribution in [-0.2, 0) is 17.1 Å². The van der Waals surface area contributed by atoms with Gasteiger partial charge in [0, 0.05) is 17.1 Å². The van der Waals surface area contributed by atoms with Gasteiger partial charge in [-0.2, -0.15) is 6.07 Å². The Morgan fingerprint density at radius 3 is 1.30 bits per heavy atom. The summed E-state index contributed by atoms with van der Waals surface area (Å²) in [5.41, 5.74) is 4.59. The van der Waals surface area contributed by atoms with Gasteiger partial charge >= 0.3 is 0 Å². The molecule has 4 aromatic rings. The minimum atomic E-state index is -0.535. The van der Waals surface area contributed by atoms with Crippen LogP contribution in [0.3, 0.4) is 0 Å². The van der Waals surface area contributed by atoms with Gasteiger partial charge in [-0.15, -0.1) is 18.8 Å². The van der Waals surface area contributed by atoms with Crippen LogP contribution in [-0.4, -0.2) is 11.3 Å². The second-order valence-electron chi connectivity index (χ2n) is 16.3. The quantitative estimate of drug-likeness (QED) is 0.102. The van der Waals surface area contributed by atoms with E-state index in [4.69, 9.17) is 0 Å². The molecule has 1 atom stereocenters. The third-order valence-electron chi connectivity index (χ3n) is 13.6. The summed E-state index contributed by atoms with van der Waals surface area (Å²) in [6.45, 7) is 2.75. The summed E-state index contributed by atoms with van der Waals surface area (Å²) >= 11 is 0. The van der Waals surface area contributed by atoms with E-state index in [9.17, 15) is 0 Å². The molecule has 8 fully saturated rings. The molecule has 3 heteroatoms. The molecule has 0 spiro atoms. The van der Waals surface area contributed by atoms with Crippen molar-refractivity contribution in [3.8, 4) is 0 Å². The van der Waals surface area contributed by atoms with E-state index < -0.39 is 7.92 Å². The average molecular weight is 699 g/mol. The molecule has 8 bridgehead atoms. The van der Waals surface area contributed by atoms with E-state index in [1.165, 1.54) is 10.6 Å². The smallest absolute Gasteiger partial charge is 0 e. The zero-order valence-corrected chi connectivity index (χ0v) is 31.0. The van der Waals surface area contributed by atoms with Crippen LogP contribution in [0.2, 0.25) is 0 Å². The Morgan fingerprint density at radius 2 is 0.915 bits per heavy atom. The molecule has 4 aromatic carbocycles. The van der Waals surface area contributed by atoms with Gasteiger partial charge in [-0.05, 0) is 147 Å². The molecule has 8 saturated carbocycles. The first kappa shape index (κ1) is 32.7. The molecule has 0 aliphatic heterocycles. The van der Waals surface area contributed by atoms with Crippen LogP contribution in [0.5, 0.6) is 0 Å². The van der Waals surface area contributed by atoms with Crippen LogP contribution in [0.4, 0.5) is 0 Å². The third-order valence-corrected chi connectivity index (χ3v) is 20.3. The Labute approximate surface area is 297 Å². The summed E-state index contributed by atoms with van der Waals surface area (Å²) < 4.78 is 0. The summed E-state index contributed by atoms with van der Waals surface area (Å²) in [7, 11) is -0.576. The zero-order chi connectivity index (χ0) is 30.6. The summed E-state index contributed by atoms with van der Waals surface area (Å²) in [6, 6.07) is 40.6. The summed E-state index contributed by atoms with van der Waals surface area (Å²) in [5.74, 6) is 8.55. The van der Waals surface area contributed by atoms with E-state index in [1.807, 2.05) is 30.3 Å². The van der Waals surface area contributed by atoms with Crippen LogP contribution < -0.4 is 15.9 Å². The maximum absolute atomic E-state index is 2.75. The van der Waals surface area contributed by atoms with Crippen molar-refractivity contribution in [3.63, 3.8) is 0 Å². The summed E-state index contributed by atoms with van der Waals surface area (Å²) in [5, 5.41) is 4.70. The van der Waals surface area contributed by atoms with E-state index in [-0.39, 0.29) is 25.0 Å². The molecule has 0 heterocycles. The van der Waals surface area contributed by atoms with Gasteiger partial charge in [0.15, 0.2) is 0 Å².